The maximum Gasteiger partial charge on any atom is 0.251 e. The summed E-state index contributed by atoms with van der Waals surface area (Å²) in [7, 11) is 0. The molecule has 1 atom stereocenters. The third-order valence-electron chi connectivity index (χ3n) is 2.03. The zero-order valence-electron chi connectivity index (χ0n) is 10.4. The van der Waals surface area contributed by atoms with Crippen molar-refractivity contribution in [3.63, 3.8) is 0 Å². The molecule has 0 heterocycles. The van der Waals surface area contributed by atoms with E-state index in [0.717, 1.165) is 0 Å². The smallest absolute Gasteiger partial charge is 0.251 e. The van der Waals surface area contributed by atoms with Crippen molar-refractivity contribution in [2.45, 2.75) is 33.0 Å². The molecular weight excluding hydrogens is 218 g/mol. The molecule has 0 aromatic heterocycles. The van der Waals surface area contributed by atoms with Gasteiger partial charge in [0.25, 0.3) is 5.91 Å². The fourth-order valence-corrected chi connectivity index (χ4v) is 1.33. The van der Waals surface area contributed by atoms with E-state index < -0.39 is 6.10 Å². The summed E-state index contributed by atoms with van der Waals surface area (Å²) in [5.74, 6) is 0.463. The van der Waals surface area contributed by atoms with Gasteiger partial charge in [-0.15, -0.1) is 0 Å². The predicted octanol–water partition coefficient (Wildman–Crippen LogP) is 1.58. The first-order valence-electron chi connectivity index (χ1n) is 5.72. The topological polar surface area (TPSA) is 58.6 Å². The summed E-state index contributed by atoms with van der Waals surface area (Å²) >= 11 is 0. The summed E-state index contributed by atoms with van der Waals surface area (Å²) in [4.78, 5) is 11.7. The number of aliphatic hydroxyl groups excluding tert-OH is 1. The normalized spacial score (nSPS) is 12.3. The second-order valence-corrected chi connectivity index (χ2v) is 4.25. The van der Waals surface area contributed by atoms with Gasteiger partial charge in [0.15, 0.2) is 0 Å². The van der Waals surface area contributed by atoms with E-state index in [9.17, 15) is 4.79 Å². The average molecular weight is 237 g/mol. The van der Waals surface area contributed by atoms with Gasteiger partial charge >= 0.3 is 0 Å². The Morgan fingerprint density at radius 3 is 2.71 bits per heavy atom. The number of aliphatic hydroxyl groups is 1. The van der Waals surface area contributed by atoms with Gasteiger partial charge in [-0.3, -0.25) is 4.79 Å². The molecule has 0 saturated heterocycles. The summed E-state index contributed by atoms with van der Waals surface area (Å²) in [6, 6.07) is 6.99. The molecule has 1 amide bonds. The van der Waals surface area contributed by atoms with E-state index in [4.69, 9.17) is 9.84 Å². The maximum atomic E-state index is 11.7. The van der Waals surface area contributed by atoms with Crippen molar-refractivity contribution >= 4 is 5.91 Å². The molecule has 1 aromatic carbocycles. The Kier molecular flexibility index (Phi) is 4.97. The number of carbonyl (C=O) groups is 1. The highest BCUT2D eigenvalue weighted by atomic mass is 16.5. The molecule has 0 saturated carbocycles. The first-order chi connectivity index (χ1) is 7.99. The quantitative estimate of drug-likeness (QED) is 0.817. The zero-order chi connectivity index (χ0) is 12.8. The SMILES string of the molecule is CC(C)Oc1cccc(C(=O)NC[C@H](C)O)c1. The second-order valence-electron chi connectivity index (χ2n) is 4.25. The van der Waals surface area contributed by atoms with Gasteiger partial charge in [-0.1, -0.05) is 6.07 Å². The molecular formula is C13H19NO3. The fraction of sp³-hybridized carbons (Fsp3) is 0.462. The van der Waals surface area contributed by atoms with Crippen molar-refractivity contribution in [1.82, 2.24) is 5.32 Å². The molecule has 4 nitrogen and oxygen atoms in total. The molecule has 0 aliphatic carbocycles. The summed E-state index contributed by atoms with van der Waals surface area (Å²) < 4.78 is 5.50. The first-order valence-corrected chi connectivity index (χ1v) is 5.72. The van der Waals surface area contributed by atoms with Crippen molar-refractivity contribution < 1.29 is 14.6 Å². The van der Waals surface area contributed by atoms with Gasteiger partial charge in [-0.25, -0.2) is 0 Å². The highest BCUT2D eigenvalue weighted by Gasteiger charge is 2.07. The molecule has 0 aliphatic rings. The molecule has 0 fully saturated rings. The Hall–Kier alpha value is -1.55. The largest absolute Gasteiger partial charge is 0.491 e. The number of nitrogens with one attached hydrogen (secondary N) is 1. The summed E-state index contributed by atoms with van der Waals surface area (Å²) in [6.07, 6.45) is -0.472. The van der Waals surface area contributed by atoms with Crippen molar-refractivity contribution in [2.24, 2.45) is 0 Å². The molecule has 0 unspecified atom stereocenters. The van der Waals surface area contributed by atoms with Crippen molar-refractivity contribution in [1.29, 1.82) is 0 Å². The lowest BCUT2D eigenvalue weighted by molar-refractivity contribution is 0.0923. The molecule has 0 aliphatic heterocycles. The number of hydrogen-bond donors (Lipinski definition) is 2. The van der Waals surface area contributed by atoms with Gasteiger partial charge in [0.1, 0.15) is 5.75 Å². The number of amides is 1. The minimum Gasteiger partial charge on any atom is -0.491 e. The van der Waals surface area contributed by atoms with Crippen LogP contribution >= 0.6 is 0 Å². The van der Waals surface area contributed by atoms with Crippen LogP contribution < -0.4 is 10.1 Å². The van der Waals surface area contributed by atoms with Gasteiger partial charge in [-0.05, 0) is 39.0 Å². The Balaban J connectivity index is 2.67. The van der Waals surface area contributed by atoms with E-state index in [-0.39, 0.29) is 18.6 Å². The first kappa shape index (κ1) is 13.5. The average Bonchev–Trinajstić information content (AvgIpc) is 2.25. The van der Waals surface area contributed by atoms with E-state index >= 15 is 0 Å². The van der Waals surface area contributed by atoms with Crippen LogP contribution in [0.2, 0.25) is 0 Å². The Morgan fingerprint density at radius 1 is 1.41 bits per heavy atom. The Labute approximate surface area is 102 Å². The highest BCUT2D eigenvalue weighted by molar-refractivity contribution is 5.94. The lowest BCUT2D eigenvalue weighted by Gasteiger charge is -2.11. The fourth-order valence-electron chi connectivity index (χ4n) is 1.33. The number of hydrogen-bond acceptors (Lipinski definition) is 3. The van der Waals surface area contributed by atoms with Gasteiger partial charge in [0.2, 0.25) is 0 Å². The molecule has 0 bridgehead atoms. The maximum absolute atomic E-state index is 11.7. The van der Waals surface area contributed by atoms with E-state index in [0.29, 0.717) is 11.3 Å². The Morgan fingerprint density at radius 2 is 2.12 bits per heavy atom. The third kappa shape index (κ3) is 4.87. The van der Waals surface area contributed by atoms with Crippen molar-refractivity contribution in [3.8, 4) is 5.75 Å². The van der Waals surface area contributed by atoms with Crippen LogP contribution in [0.4, 0.5) is 0 Å². The lowest BCUT2D eigenvalue weighted by Crippen LogP contribution is -2.30. The molecule has 4 heteroatoms. The van der Waals surface area contributed by atoms with Gasteiger partial charge in [0.05, 0.1) is 12.2 Å². The lowest BCUT2D eigenvalue weighted by atomic mass is 10.2. The van der Waals surface area contributed by atoms with Crippen molar-refractivity contribution in [3.05, 3.63) is 29.8 Å². The molecule has 0 spiro atoms. The minimum atomic E-state index is -0.547. The van der Waals surface area contributed by atoms with Crippen LogP contribution in [-0.4, -0.2) is 29.8 Å². The number of carbonyl (C=O) groups excluding carboxylic acids is 1. The zero-order valence-corrected chi connectivity index (χ0v) is 10.4. The number of rotatable bonds is 5. The molecule has 1 aromatic rings. The number of ether oxygens (including phenoxy) is 1. The second kappa shape index (κ2) is 6.25. The van der Waals surface area contributed by atoms with Gasteiger partial charge in [0, 0.05) is 12.1 Å². The standard InChI is InChI=1S/C13H19NO3/c1-9(2)17-12-6-4-5-11(7-12)13(16)14-8-10(3)15/h4-7,9-10,15H,8H2,1-3H3,(H,14,16)/t10-/m0/s1. The minimum absolute atomic E-state index is 0.0748. The summed E-state index contributed by atoms with van der Waals surface area (Å²) in [5, 5.41) is 11.7. The van der Waals surface area contributed by atoms with Gasteiger partial charge < -0.3 is 15.2 Å². The van der Waals surface area contributed by atoms with Crippen LogP contribution in [0.1, 0.15) is 31.1 Å². The molecule has 1 rings (SSSR count). The van der Waals surface area contributed by atoms with E-state index in [1.54, 1.807) is 25.1 Å². The molecule has 94 valence electrons. The Bertz CT molecular complexity index is 375. The highest BCUT2D eigenvalue weighted by Crippen LogP contribution is 2.14. The van der Waals surface area contributed by atoms with E-state index in [1.165, 1.54) is 0 Å². The number of benzene rings is 1. The van der Waals surface area contributed by atoms with Crippen LogP contribution in [-0.2, 0) is 0 Å². The summed E-state index contributed by atoms with van der Waals surface area (Å²) in [5.41, 5.74) is 0.531. The van der Waals surface area contributed by atoms with Crippen LogP contribution in [0.3, 0.4) is 0 Å². The van der Waals surface area contributed by atoms with Crippen LogP contribution in [0.25, 0.3) is 0 Å². The third-order valence-corrected chi connectivity index (χ3v) is 2.03. The van der Waals surface area contributed by atoms with Crippen LogP contribution in [0.15, 0.2) is 24.3 Å². The van der Waals surface area contributed by atoms with Crippen LogP contribution in [0, 0.1) is 0 Å². The van der Waals surface area contributed by atoms with Crippen LogP contribution in [0.5, 0.6) is 5.75 Å². The van der Waals surface area contributed by atoms with Crippen molar-refractivity contribution in [2.75, 3.05) is 6.54 Å². The van der Waals surface area contributed by atoms with E-state index in [1.807, 2.05) is 19.9 Å². The summed E-state index contributed by atoms with van der Waals surface area (Å²) in [6.45, 7) is 5.73. The molecule has 0 radical (unpaired) electrons. The van der Waals surface area contributed by atoms with Gasteiger partial charge in [-0.2, -0.15) is 0 Å². The predicted molar refractivity (Wildman–Crippen MR) is 66.2 cm³/mol. The van der Waals surface area contributed by atoms with E-state index in [2.05, 4.69) is 5.32 Å². The molecule has 17 heavy (non-hydrogen) atoms. The molecule has 2 N–H and O–H groups in total. The monoisotopic (exact) mass is 237 g/mol.